The number of hydrogen-bond acceptors (Lipinski definition) is 3. The van der Waals surface area contributed by atoms with Crippen LogP contribution in [-0.4, -0.2) is 18.0 Å². The van der Waals surface area contributed by atoms with Gasteiger partial charge in [-0.15, -0.1) is 0 Å². The molecule has 1 aliphatic heterocycles. The summed E-state index contributed by atoms with van der Waals surface area (Å²) in [6.07, 6.45) is -0.387. The van der Waals surface area contributed by atoms with Gasteiger partial charge >= 0.3 is 5.97 Å². The average molecular weight is 295 g/mol. The number of nitrogens with one attached hydrogen (secondary N) is 1. The molecule has 22 heavy (non-hydrogen) atoms. The third-order valence-corrected chi connectivity index (χ3v) is 3.96. The maximum absolute atomic E-state index is 12.3. The third-order valence-electron chi connectivity index (χ3n) is 3.96. The highest BCUT2D eigenvalue weighted by molar-refractivity contribution is 6.00. The van der Waals surface area contributed by atoms with E-state index in [0.717, 1.165) is 16.7 Å². The lowest BCUT2D eigenvalue weighted by Gasteiger charge is -2.23. The van der Waals surface area contributed by atoms with E-state index in [9.17, 15) is 9.59 Å². The maximum Gasteiger partial charge on any atom is 0.339 e. The Morgan fingerprint density at radius 3 is 2.68 bits per heavy atom. The number of amides is 1. The van der Waals surface area contributed by atoms with Crippen LogP contribution in [-0.2, 0) is 16.0 Å². The lowest BCUT2D eigenvalue weighted by atomic mass is 9.98. The average Bonchev–Trinajstić information content (AvgIpc) is 2.51. The molecule has 0 unspecified atom stereocenters. The molecule has 2 aromatic rings. The summed E-state index contributed by atoms with van der Waals surface area (Å²) in [5.74, 6) is -0.742. The number of hydrogen-bond donors (Lipinski definition) is 1. The van der Waals surface area contributed by atoms with Gasteiger partial charge in [-0.2, -0.15) is 0 Å². The molecular weight excluding hydrogens is 278 g/mol. The first-order chi connectivity index (χ1) is 10.5. The standard InChI is InChI=1S/C18H17NO3/c1-11-7-8-14(9-12(11)2)19-17(20)16-10-13-5-3-4-6-15(13)18(21)22-16/h3-9,16H,10H2,1-2H3,(H,19,20)/t16-/m0/s1. The molecular formula is C18H17NO3. The van der Waals surface area contributed by atoms with Crippen LogP contribution in [0.5, 0.6) is 0 Å². The zero-order chi connectivity index (χ0) is 15.7. The van der Waals surface area contributed by atoms with E-state index in [0.29, 0.717) is 17.7 Å². The van der Waals surface area contributed by atoms with Gasteiger partial charge in [-0.1, -0.05) is 24.3 Å². The molecule has 4 nitrogen and oxygen atoms in total. The summed E-state index contributed by atoms with van der Waals surface area (Å²) in [7, 11) is 0. The predicted molar refractivity (Wildman–Crippen MR) is 83.9 cm³/mol. The molecule has 0 spiro atoms. The fraction of sp³-hybridized carbons (Fsp3) is 0.222. The van der Waals surface area contributed by atoms with Crippen LogP contribution >= 0.6 is 0 Å². The van der Waals surface area contributed by atoms with Gasteiger partial charge in [0.25, 0.3) is 5.91 Å². The Hall–Kier alpha value is -2.62. The van der Waals surface area contributed by atoms with Crippen LogP contribution in [0.15, 0.2) is 42.5 Å². The fourth-order valence-corrected chi connectivity index (χ4v) is 2.52. The van der Waals surface area contributed by atoms with Crippen LogP contribution in [0.1, 0.15) is 27.0 Å². The Bertz CT molecular complexity index is 752. The molecule has 1 aliphatic rings. The van der Waals surface area contributed by atoms with Crippen molar-refractivity contribution in [2.75, 3.05) is 5.32 Å². The highest BCUT2D eigenvalue weighted by Gasteiger charge is 2.31. The molecule has 1 amide bonds. The first kappa shape index (κ1) is 14.3. The van der Waals surface area contributed by atoms with Crippen LogP contribution in [0.3, 0.4) is 0 Å². The summed E-state index contributed by atoms with van der Waals surface area (Å²) in [6, 6.07) is 12.9. The molecule has 112 valence electrons. The number of aryl methyl sites for hydroxylation is 2. The molecule has 3 rings (SSSR count). The lowest BCUT2D eigenvalue weighted by Crippen LogP contribution is -2.37. The van der Waals surface area contributed by atoms with Crippen molar-refractivity contribution < 1.29 is 14.3 Å². The van der Waals surface area contributed by atoms with Crippen LogP contribution in [0.2, 0.25) is 0 Å². The largest absolute Gasteiger partial charge is 0.448 e. The van der Waals surface area contributed by atoms with Crippen molar-refractivity contribution in [1.82, 2.24) is 0 Å². The number of fused-ring (bicyclic) bond motifs is 1. The summed E-state index contributed by atoms with van der Waals surface area (Å²) < 4.78 is 5.25. The van der Waals surface area contributed by atoms with Crippen molar-refractivity contribution in [2.24, 2.45) is 0 Å². The van der Waals surface area contributed by atoms with Gasteiger partial charge in [0.1, 0.15) is 0 Å². The second-order valence-corrected chi connectivity index (χ2v) is 5.54. The second-order valence-electron chi connectivity index (χ2n) is 5.54. The molecule has 0 aliphatic carbocycles. The van der Waals surface area contributed by atoms with Gasteiger partial charge in [0, 0.05) is 12.1 Å². The number of esters is 1. The van der Waals surface area contributed by atoms with Crippen molar-refractivity contribution in [2.45, 2.75) is 26.4 Å². The highest BCUT2D eigenvalue weighted by atomic mass is 16.5. The first-order valence-corrected chi connectivity index (χ1v) is 7.21. The van der Waals surface area contributed by atoms with E-state index in [1.807, 2.05) is 44.2 Å². The summed E-state index contributed by atoms with van der Waals surface area (Å²) in [6.45, 7) is 4.00. The quantitative estimate of drug-likeness (QED) is 0.866. The fourth-order valence-electron chi connectivity index (χ4n) is 2.52. The number of cyclic esters (lactones) is 1. The Balaban J connectivity index is 1.76. The smallest absolute Gasteiger partial charge is 0.339 e. The Morgan fingerprint density at radius 1 is 1.14 bits per heavy atom. The Labute approximate surface area is 129 Å². The zero-order valence-electron chi connectivity index (χ0n) is 12.6. The Morgan fingerprint density at radius 2 is 1.91 bits per heavy atom. The number of anilines is 1. The number of benzene rings is 2. The molecule has 0 radical (unpaired) electrons. The minimum atomic E-state index is -0.788. The molecule has 0 saturated carbocycles. The monoisotopic (exact) mass is 295 g/mol. The second kappa shape index (κ2) is 5.64. The number of ether oxygens (including phenoxy) is 1. The van der Waals surface area contributed by atoms with Gasteiger partial charge in [-0.3, -0.25) is 4.79 Å². The van der Waals surface area contributed by atoms with Crippen LogP contribution < -0.4 is 5.32 Å². The molecule has 1 atom stereocenters. The molecule has 2 aromatic carbocycles. The van der Waals surface area contributed by atoms with Crippen molar-refractivity contribution in [1.29, 1.82) is 0 Å². The molecule has 0 fully saturated rings. The predicted octanol–water partition coefficient (Wildman–Crippen LogP) is 3.02. The lowest BCUT2D eigenvalue weighted by molar-refractivity contribution is -0.125. The zero-order valence-corrected chi connectivity index (χ0v) is 12.6. The number of carbonyl (C=O) groups excluding carboxylic acids is 2. The summed E-state index contributed by atoms with van der Waals surface area (Å²) in [4.78, 5) is 24.3. The van der Waals surface area contributed by atoms with Crippen molar-refractivity contribution in [3.63, 3.8) is 0 Å². The minimum absolute atomic E-state index is 0.300. The normalized spacial score (nSPS) is 16.6. The molecule has 1 N–H and O–H groups in total. The minimum Gasteiger partial charge on any atom is -0.448 e. The van der Waals surface area contributed by atoms with Crippen LogP contribution in [0, 0.1) is 13.8 Å². The topological polar surface area (TPSA) is 55.4 Å². The molecule has 0 bridgehead atoms. The first-order valence-electron chi connectivity index (χ1n) is 7.21. The van der Waals surface area contributed by atoms with E-state index in [1.54, 1.807) is 12.1 Å². The molecule has 1 heterocycles. The van der Waals surface area contributed by atoms with E-state index >= 15 is 0 Å². The van der Waals surface area contributed by atoms with Crippen LogP contribution in [0.25, 0.3) is 0 Å². The van der Waals surface area contributed by atoms with Gasteiger partial charge in [0.15, 0.2) is 6.10 Å². The van der Waals surface area contributed by atoms with Gasteiger partial charge < -0.3 is 10.1 Å². The van der Waals surface area contributed by atoms with E-state index in [2.05, 4.69) is 5.32 Å². The highest BCUT2D eigenvalue weighted by Crippen LogP contribution is 2.22. The van der Waals surface area contributed by atoms with E-state index < -0.39 is 12.1 Å². The van der Waals surface area contributed by atoms with E-state index in [-0.39, 0.29) is 5.91 Å². The Kier molecular flexibility index (Phi) is 3.67. The van der Waals surface area contributed by atoms with Crippen molar-refractivity contribution >= 4 is 17.6 Å². The third kappa shape index (κ3) is 2.72. The van der Waals surface area contributed by atoms with Gasteiger partial charge in [0.05, 0.1) is 5.56 Å². The van der Waals surface area contributed by atoms with Gasteiger partial charge in [0.2, 0.25) is 0 Å². The molecule has 4 heteroatoms. The maximum atomic E-state index is 12.3. The molecule has 0 aromatic heterocycles. The van der Waals surface area contributed by atoms with Gasteiger partial charge in [-0.25, -0.2) is 4.79 Å². The summed E-state index contributed by atoms with van der Waals surface area (Å²) in [5, 5.41) is 2.81. The van der Waals surface area contributed by atoms with Crippen LogP contribution in [0.4, 0.5) is 5.69 Å². The number of rotatable bonds is 2. The van der Waals surface area contributed by atoms with Crippen molar-refractivity contribution in [3.05, 3.63) is 64.7 Å². The van der Waals surface area contributed by atoms with Gasteiger partial charge in [-0.05, 0) is 48.7 Å². The SMILES string of the molecule is Cc1ccc(NC(=O)[C@@H]2Cc3ccccc3C(=O)O2)cc1C. The van der Waals surface area contributed by atoms with E-state index in [1.165, 1.54) is 0 Å². The van der Waals surface area contributed by atoms with E-state index in [4.69, 9.17) is 4.74 Å². The summed E-state index contributed by atoms with van der Waals surface area (Å²) >= 11 is 0. The van der Waals surface area contributed by atoms with Crippen molar-refractivity contribution in [3.8, 4) is 0 Å². The number of carbonyl (C=O) groups is 2. The summed E-state index contributed by atoms with van der Waals surface area (Å²) in [5.41, 5.74) is 4.36. The molecule has 0 saturated heterocycles.